The van der Waals surface area contributed by atoms with Crippen molar-refractivity contribution < 1.29 is 14.3 Å². The van der Waals surface area contributed by atoms with Crippen molar-refractivity contribution in [2.24, 2.45) is 0 Å². The zero-order chi connectivity index (χ0) is 22.4. The number of benzene rings is 3. The van der Waals surface area contributed by atoms with Crippen molar-refractivity contribution in [2.45, 2.75) is 10.6 Å². The molecule has 0 heterocycles. The smallest absolute Gasteiger partial charge is 0.255 e. The summed E-state index contributed by atoms with van der Waals surface area (Å²) < 4.78 is 5.33. The molecule has 0 spiro atoms. The van der Waals surface area contributed by atoms with Gasteiger partial charge in [0, 0.05) is 40.9 Å². The summed E-state index contributed by atoms with van der Waals surface area (Å²) in [4.78, 5) is 27.6. The zero-order valence-corrected chi connectivity index (χ0v) is 19.1. The number of carbonyl (C=O) groups is 2. The van der Waals surface area contributed by atoms with Gasteiger partial charge in [0.2, 0.25) is 0 Å². The molecule has 0 aliphatic rings. The van der Waals surface area contributed by atoms with Gasteiger partial charge in [-0.05, 0) is 60.2 Å². The van der Waals surface area contributed by atoms with Gasteiger partial charge in [-0.2, -0.15) is 0 Å². The van der Waals surface area contributed by atoms with Crippen molar-refractivity contribution in [1.29, 1.82) is 0 Å². The average molecular weight is 455 g/mol. The van der Waals surface area contributed by atoms with Crippen LogP contribution in [-0.2, 0) is 5.75 Å². The monoisotopic (exact) mass is 454 g/mol. The van der Waals surface area contributed by atoms with Gasteiger partial charge < -0.3 is 15.0 Å². The van der Waals surface area contributed by atoms with Crippen molar-refractivity contribution in [3.8, 4) is 5.75 Å². The highest BCUT2D eigenvalue weighted by Gasteiger charge is 2.14. The summed E-state index contributed by atoms with van der Waals surface area (Å²) in [6.07, 6.45) is 0. The van der Waals surface area contributed by atoms with Crippen molar-refractivity contribution in [3.05, 3.63) is 88.4 Å². The van der Waals surface area contributed by atoms with E-state index in [1.807, 2.05) is 36.4 Å². The summed E-state index contributed by atoms with van der Waals surface area (Å²) in [5.41, 5.74) is 2.54. The molecule has 0 unspecified atom stereocenters. The van der Waals surface area contributed by atoms with E-state index in [4.69, 9.17) is 16.3 Å². The fraction of sp³-hybridized carbons (Fsp3) is 0.167. The second kappa shape index (κ2) is 10.4. The first-order valence-electron chi connectivity index (χ1n) is 9.55. The minimum atomic E-state index is -0.273. The van der Waals surface area contributed by atoms with Crippen LogP contribution in [0.3, 0.4) is 0 Å². The van der Waals surface area contributed by atoms with E-state index in [2.05, 4.69) is 5.32 Å². The molecule has 0 aliphatic heterocycles. The van der Waals surface area contributed by atoms with Crippen LogP contribution in [0.25, 0.3) is 0 Å². The van der Waals surface area contributed by atoms with Crippen LogP contribution in [0.15, 0.2) is 71.6 Å². The van der Waals surface area contributed by atoms with Gasteiger partial charge in [0.25, 0.3) is 11.8 Å². The van der Waals surface area contributed by atoms with Gasteiger partial charge >= 0.3 is 0 Å². The predicted octanol–water partition coefficient (Wildman–Crippen LogP) is 5.60. The number of ether oxygens (including phenoxy) is 1. The van der Waals surface area contributed by atoms with Crippen molar-refractivity contribution >= 4 is 40.9 Å². The number of thioether (sulfide) groups is 1. The molecule has 3 rings (SSSR count). The van der Waals surface area contributed by atoms with E-state index < -0.39 is 0 Å². The highest BCUT2D eigenvalue weighted by atomic mass is 35.5. The van der Waals surface area contributed by atoms with E-state index in [-0.39, 0.29) is 11.8 Å². The van der Waals surface area contributed by atoms with Gasteiger partial charge in [-0.3, -0.25) is 9.59 Å². The van der Waals surface area contributed by atoms with Crippen LogP contribution >= 0.6 is 23.4 Å². The maximum atomic E-state index is 12.7. The normalized spacial score (nSPS) is 10.5. The molecule has 3 aromatic carbocycles. The van der Waals surface area contributed by atoms with Crippen molar-refractivity contribution in [3.63, 3.8) is 0 Å². The topological polar surface area (TPSA) is 58.6 Å². The molecule has 0 aromatic heterocycles. The number of anilines is 1. The summed E-state index contributed by atoms with van der Waals surface area (Å²) in [5, 5.41) is 3.56. The van der Waals surface area contributed by atoms with E-state index in [0.717, 1.165) is 16.2 Å². The number of hydrogen-bond donors (Lipinski definition) is 1. The second-order valence-corrected chi connectivity index (χ2v) is 8.49. The summed E-state index contributed by atoms with van der Waals surface area (Å²) in [6.45, 7) is 0. The van der Waals surface area contributed by atoms with Crippen molar-refractivity contribution in [1.82, 2.24) is 4.90 Å². The Morgan fingerprint density at radius 2 is 1.61 bits per heavy atom. The van der Waals surface area contributed by atoms with Crippen LogP contribution in [0.4, 0.5) is 5.69 Å². The number of nitrogens with zero attached hydrogens (tertiary/aromatic N) is 1. The van der Waals surface area contributed by atoms with Crippen LogP contribution in [0, 0.1) is 0 Å². The molecule has 3 aromatic rings. The number of hydrogen-bond acceptors (Lipinski definition) is 4. The second-order valence-electron chi connectivity index (χ2n) is 7.01. The molecule has 31 heavy (non-hydrogen) atoms. The summed E-state index contributed by atoms with van der Waals surface area (Å²) in [7, 11) is 4.88. The lowest BCUT2D eigenvalue weighted by Gasteiger charge is -2.14. The molecule has 7 heteroatoms. The van der Waals surface area contributed by atoms with Crippen LogP contribution in [-0.4, -0.2) is 37.9 Å². The number of nitrogens with one attached hydrogen (secondary N) is 1. The average Bonchev–Trinajstić information content (AvgIpc) is 2.78. The number of methoxy groups -OCH3 is 1. The predicted molar refractivity (Wildman–Crippen MR) is 126 cm³/mol. The first-order chi connectivity index (χ1) is 14.9. The Bertz CT molecular complexity index is 1070. The summed E-state index contributed by atoms with van der Waals surface area (Å²) >= 11 is 7.62. The molecule has 0 radical (unpaired) electrons. The van der Waals surface area contributed by atoms with Crippen LogP contribution in [0.5, 0.6) is 5.75 Å². The van der Waals surface area contributed by atoms with E-state index in [1.54, 1.807) is 56.2 Å². The Morgan fingerprint density at radius 1 is 0.968 bits per heavy atom. The molecule has 0 aliphatic carbocycles. The maximum Gasteiger partial charge on any atom is 0.255 e. The molecular formula is C24H23ClN2O3S. The zero-order valence-electron chi connectivity index (χ0n) is 17.5. The third-order valence-corrected chi connectivity index (χ3v) is 5.87. The molecule has 1 N–H and O–H groups in total. The third kappa shape index (κ3) is 6.03. The van der Waals surface area contributed by atoms with Crippen LogP contribution in [0.2, 0.25) is 5.02 Å². The van der Waals surface area contributed by atoms with Gasteiger partial charge in [-0.1, -0.05) is 23.7 Å². The molecule has 0 saturated carbocycles. The van der Waals surface area contributed by atoms with Crippen LogP contribution < -0.4 is 10.1 Å². The quantitative estimate of drug-likeness (QED) is 0.472. The molecule has 0 atom stereocenters. The lowest BCUT2D eigenvalue weighted by Crippen LogP contribution is -2.22. The van der Waals surface area contributed by atoms with E-state index in [1.165, 1.54) is 12.0 Å². The number of carbonyl (C=O) groups excluding carboxylic acids is 2. The van der Waals surface area contributed by atoms with Crippen LogP contribution in [0.1, 0.15) is 26.3 Å². The van der Waals surface area contributed by atoms with Crippen molar-refractivity contribution in [2.75, 3.05) is 26.5 Å². The fourth-order valence-electron chi connectivity index (χ4n) is 2.84. The van der Waals surface area contributed by atoms with E-state index in [9.17, 15) is 9.59 Å². The third-order valence-electron chi connectivity index (χ3n) is 4.54. The van der Waals surface area contributed by atoms with Gasteiger partial charge in [-0.25, -0.2) is 0 Å². The number of rotatable bonds is 7. The molecule has 0 fully saturated rings. The minimum Gasteiger partial charge on any atom is -0.495 e. The Kier molecular flexibility index (Phi) is 7.60. The molecular weight excluding hydrogens is 432 g/mol. The Morgan fingerprint density at radius 3 is 2.23 bits per heavy atom. The number of halogens is 1. The summed E-state index contributed by atoms with van der Waals surface area (Å²) in [6, 6.07) is 20.1. The number of amides is 2. The lowest BCUT2D eigenvalue weighted by atomic mass is 10.1. The standard InChI is InChI=1S/C24H23ClN2O3S/c1-27(2)24(29)18-8-13-22(30-3)21(14-18)26-23(28)17-6-4-16(5-7-17)15-31-20-11-9-19(25)10-12-20/h4-14H,15H2,1-3H3,(H,26,28). The lowest BCUT2D eigenvalue weighted by molar-refractivity contribution is 0.0827. The fourth-order valence-corrected chi connectivity index (χ4v) is 3.82. The Balaban J connectivity index is 1.68. The summed E-state index contributed by atoms with van der Waals surface area (Å²) in [5.74, 6) is 0.844. The maximum absolute atomic E-state index is 12.7. The first-order valence-corrected chi connectivity index (χ1v) is 10.9. The molecule has 2 amide bonds. The highest BCUT2D eigenvalue weighted by molar-refractivity contribution is 7.98. The molecule has 160 valence electrons. The first kappa shape index (κ1) is 22.7. The van der Waals surface area contributed by atoms with Gasteiger partial charge in [0.1, 0.15) is 5.75 Å². The minimum absolute atomic E-state index is 0.152. The molecule has 5 nitrogen and oxygen atoms in total. The van der Waals surface area contributed by atoms with E-state index in [0.29, 0.717) is 27.6 Å². The van der Waals surface area contributed by atoms with Gasteiger partial charge in [0.05, 0.1) is 12.8 Å². The Labute approximate surface area is 191 Å². The molecule has 0 saturated heterocycles. The van der Waals surface area contributed by atoms with E-state index >= 15 is 0 Å². The van der Waals surface area contributed by atoms with Gasteiger partial charge in [0.15, 0.2) is 0 Å². The Hall–Kier alpha value is -2.96. The van der Waals surface area contributed by atoms with Gasteiger partial charge in [-0.15, -0.1) is 11.8 Å². The largest absolute Gasteiger partial charge is 0.495 e. The highest BCUT2D eigenvalue weighted by Crippen LogP contribution is 2.27. The SMILES string of the molecule is COc1ccc(C(=O)N(C)C)cc1NC(=O)c1ccc(CSc2ccc(Cl)cc2)cc1. The molecule has 0 bridgehead atoms.